The van der Waals surface area contributed by atoms with Crippen LogP contribution in [0.25, 0.3) is 11.4 Å². The number of allylic oxidation sites excluding steroid dienone is 1. The molecule has 0 aliphatic carbocycles. The molecular formula is C21H22N4O3S. The molecule has 1 amide bonds. The Kier molecular flexibility index (Phi) is 6.91. The van der Waals surface area contributed by atoms with Crippen LogP contribution in [0.15, 0.2) is 66.3 Å². The number of hydrogen-bond donors (Lipinski definition) is 1. The van der Waals surface area contributed by atoms with Gasteiger partial charge < -0.3 is 14.8 Å². The number of aromatic nitrogens is 3. The fourth-order valence-electron chi connectivity index (χ4n) is 2.72. The minimum absolute atomic E-state index is 0.171. The molecule has 1 aromatic heterocycles. The second kappa shape index (κ2) is 9.79. The lowest BCUT2D eigenvalue weighted by Gasteiger charge is -2.12. The summed E-state index contributed by atoms with van der Waals surface area (Å²) >= 11 is 1.31. The molecule has 7 nitrogen and oxygen atoms in total. The lowest BCUT2D eigenvalue weighted by atomic mass is 10.2. The number of methoxy groups -OCH3 is 2. The number of nitrogens with one attached hydrogen (secondary N) is 1. The maximum Gasteiger partial charge on any atom is 0.234 e. The van der Waals surface area contributed by atoms with E-state index in [2.05, 4.69) is 22.1 Å². The van der Waals surface area contributed by atoms with Crippen molar-refractivity contribution < 1.29 is 14.3 Å². The van der Waals surface area contributed by atoms with E-state index in [0.717, 1.165) is 11.4 Å². The number of anilines is 1. The molecule has 3 aromatic rings. The summed E-state index contributed by atoms with van der Waals surface area (Å²) in [7, 11) is 3.12. The standard InChI is InChI=1S/C21H22N4O3S/c1-4-12-25-20(15-8-6-5-7-9-15)23-24-21(25)29-14-19(26)22-17-13-16(27-2)10-11-18(17)28-3/h4-11,13H,1,12,14H2,2-3H3,(H,22,26). The van der Waals surface area contributed by atoms with Crippen molar-refractivity contribution in [2.45, 2.75) is 11.7 Å². The van der Waals surface area contributed by atoms with Gasteiger partial charge in [-0.05, 0) is 12.1 Å². The van der Waals surface area contributed by atoms with Crippen LogP contribution in [0, 0.1) is 0 Å². The summed E-state index contributed by atoms with van der Waals surface area (Å²) in [5, 5.41) is 12.1. The van der Waals surface area contributed by atoms with Crippen LogP contribution < -0.4 is 14.8 Å². The van der Waals surface area contributed by atoms with E-state index in [4.69, 9.17) is 9.47 Å². The maximum absolute atomic E-state index is 12.5. The van der Waals surface area contributed by atoms with Crippen LogP contribution in [0.4, 0.5) is 5.69 Å². The van der Waals surface area contributed by atoms with Gasteiger partial charge in [0.25, 0.3) is 0 Å². The number of hydrogen-bond acceptors (Lipinski definition) is 6. The SMILES string of the molecule is C=CCn1c(SCC(=O)Nc2cc(OC)ccc2OC)nnc1-c1ccccc1. The zero-order valence-corrected chi connectivity index (χ0v) is 17.1. The first-order valence-corrected chi connectivity index (χ1v) is 9.89. The van der Waals surface area contributed by atoms with Crippen molar-refractivity contribution in [1.29, 1.82) is 0 Å². The van der Waals surface area contributed by atoms with Gasteiger partial charge in [-0.25, -0.2) is 0 Å². The second-order valence-electron chi connectivity index (χ2n) is 5.97. The Balaban J connectivity index is 1.72. The van der Waals surface area contributed by atoms with Crippen molar-refractivity contribution in [3.63, 3.8) is 0 Å². The zero-order chi connectivity index (χ0) is 20.6. The second-order valence-corrected chi connectivity index (χ2v) is 6.92. The molecule has 0 aliphatic heterocycles. The normalized spacial score (nSPS) is 10.4. The van der Waals surface area contributed by atoms with Crippen LogP contribution >= 0.6 is 11.8 Å². The predicted octanol–water partition coefficient (Wildman–Crippen LogP) is 3.88. The molecule has 0 bridgehead atoms. The Morgan fingerprint density at radius 2 is 1.97 bits per heavy atom. The number of ether oxygens (including phenoxy) is 2. The highest BCUT2D eigenvalue weighted by molar-refractivity contribution is 7.99. The van der Waals surface area contributed by atoms with Gasteiger partial charge in [0.05, 0.1) is 25.7 Å². The minimum atomic E-state index is -0.184. The van der Waals surface area contributed by atoms with E-state index in [9.17, 15) is 4.79 Å². The highest BCUT2D eigenvalue weighted by atomic mass is 32.2. The summed E-state index contributed by atoms with van der Waals surface area (Å²) < 4.78 is 12.4. The largest absolute Gasteiger partial charge is 0.497 e. The summed E-state index contributed by atoms with van der Waals surface area (Å²) in [5.74, 6) is 1.92. The van der Waals surface area contributed by atoms with Crippen molar-refractivity contribution >= 4 is 23.4 Å². The summed E-state index contributed by atoms with van der Waals surface area (Å²) in [4.78, 5) is 12.5. The summed E-state index contributed by atoms with van der Waals surface area (Å²) in [6.45, 7) is 4.35. The molecule has 0 aliphatic rings. The number of rotatable bonds is 9. The van der Waals surface area contributed by atoms with Crippen LogP contribution in [0.5, 0.6) is 11.5 Å². The van der Waals surface area contributed by atoms with Gasteiger partial charge in [0, 0.05) is 18.2 Å². The van der Waals surface area contributed by atoms with Gasteiger partial charge >= 0.3 is 0 Å². The number of amides is 1. The third-order valence-corrected chi connectivity index (χ3v) is 5.04. The maximum atomic E-state index is 12.5. The molecule has 0 radical (unpaired) electrons. The third kappa shape index (κ3) is 4.97. The van der Waals surface area contributed by atoms with Gasteiger partial charge in [0.1, 0.15) is 11.5 Å². The average Bonchev–Trinajstić information content (AvgIpc) is 3.15. The topological polar surface area (TPSA) is 78.3 Å². The lowest BCUT2D eigenvalue weighted by Crippen LogP contribution is -2.15. The Labute approximate surface area is 173 Å². The first kappa shape index (κ1) is 20.5. The van der Waals surface area contributed by atoms with E-state index < -0.39 is 0 Å². The van der Waals surface area contributed by atoms with Gasteiger partial charge in [-0.15, -0.1) is 16.8 Å². The van der Waals surface area contributed by atoms with E-state index in [1.807, 2.05) is 34.9 Å². The van der Waals surface area contributed by atoms with E-state index in [-0.39, 0.29) is 11.7 Å². The Morgan fingerprint density at radius 1 is 1.17 bits per heavy atom. The molecule has 150 valence electrons. The van der Waals surface area contributed by atoms with Crippen molar-refractivity contribution in [3.8, 4) is 22.9 Å². The van der Waals surface area contributed by atoms with Gasteiger partial charge in [0.15, 0.2) is 11.0 Å². The Hall–Kier alpha value is -3.26. The molecule has 0 unspecified atom stereocenters. The zero-order valence-electron chi connectivity index (χ0n) is 16.3. The first-order chi connectivity index (χ1) is 14.2. The van der Waals surface area contributed by atoms with Crippen LogP contribution in [0.1, 0.15) is 0 Å². The van der Waals surface area contributed by atoms with E-state index in [1.165, 1.54) is 11.8 Å². The van der Waals surface area contributed by atoms with Crippen molar-refractivity contribution in [2.75, 3.05) is 25.3 Å². The number of nitrogens with zero attached hydrogens (tertiary/aromatic N) is 3. The highest BCUT2D eigenvalue weighted by Crippen LogP contribution is 2.29. The predicted molar refractivity (Wildman–Crippen MR) is 115 cm³/mol. The first-order valence-electron chi connectivity index (χ1n) is 8.90. The number of carbonyl (C=O) groups is 1. The van der Waals surface area contributed by atoms with Crippen LogP contribution in [0.3, 0.4) is 0 Å². The smallest absolute Gasteiger partial charge is 0.234 e. The number of benzene rings is 2. The van der Waals surface area contributed by atoms with Crippen molar-refractivity contribution in [3.05, 3.63) is 61.2 Å². The Morgan fingerprint density at radius 3 is 2.66 bits per heavy atom. The molecule has 3 rings (SSSR count). The molecule has 1 N–H and O–H groups in total. The molecule has 2 aromatic carbocycles. The molecule has 29 heavy (non-hydrogen) atoms. The van der Waals surface area contributed by atoms with E-state index in [0.29, 0.717) is 28.9 Å². The fourth-order valence-corrected chi connectivity index (χ4v) is 3.47. The minimum Gasteiger partial charge on any atom is -0.497 e. The van der Waals surface area contributed by atoms with E-state index in [1.54, 1.807) is 38.5 Å². The van der Waals surface area contributed by atoms with Gasteiger partial charge in [0.2, 0.25) is 5.91 Å². The summed E-state index contributed by atoms with van der Waals surface area (Å²) in [6, 6.07) is 15.0. The van der Waals surface area contributed by atoms with Crippen molar-refractivity contribution in [2.24, 2.45) is 0 Å². The van der Waals surface area contributed by atoms with Crippen LogP contribution in [-0.2, 0) is 11.3 Å². The van der Waals surface area contributed by atoms with Gasteiger partial charge in [-0.1, -0.05) is 48.2 Å². The van der Waals surface area contributed by atoms with Crippen molar-refractivity contribution in [1.82, 2.24) is 14.8 Å². The number of carbonyl (C=O) groups excluding carboxylic acids is 1. The van der Waals surface area contributed by atoms with E-state index >= 15 is 0 Å². The van der Waals surface area contributed by atoms with Crippen LogP contribution in [-0.4, -0.2) is 40.6 Å². The lowest BCUT2D eigenvalue weighted by molar-refractivity contribution is -0.113. The molecule has 8 heteroatoms. The molecule has 0 saturated carbocycles. The monoisotopic (exact) mass is 410 g/mol. The summed E-state index contributed by atoms with van der Waals surface area (Å²) in [5.41, 5.74) is 1.51. The molecule has 0 fully saturated rings. The Bertz CT molecular complexity index is 989. The quantitative estimate of drug-likeness (QED) is 0.426. The fraction of sp³-hybridized carbons (Fsp3) is 0.190. The molecule has 0 atom stereocenters. The molecule has 1 heterocycles. The average molecular weight is 410 g/mol. The van der Waals surface area contributed by atoms with Crippen LogP contribution in [0.2, 0.25) is 0 Å². The van der Waals surface area contributed by atoms with Gasteiger partial charge in [-0.2, -0.15) is 0 Å². The molecule has 0 saturated heterocycles. The third-order valence-electron chi connectivity index (χ3n) is 4.07. The molecule has 0 spiro atoms. The summed E-state index contributed by atoms with van der Waals surface area (Å²) in [6.07, 6.45) is 1.78. The number of thioether (sulfide) groups is 1. The van der Waals surface area contributed by atoms with Gasteiger partial charge in [-0.3, -0.25) is 9.36 Å². The highest BCUT2D eigenvalue weighted by Gasteiger charge is 2.16. The molecular weight excluding hydrogens is 388 g/mol.